The Balaban J connectivity index is 1.75. The maximum absolute atomic E-state index is 6.60. The van der Waals surface area contributed by atoms with E-state index in [0.717, 1.165) is 11.2 Å². The van der Waals surface area contributed by atoms with Crippen LogP contribution in [0.1, 0.15) is 49.9 Å². The molecule has 7 rings (SSSR count). The van der Waals surface area contributed by atoms with Crippen molar-refractivity contribution in [3.05, 3.63) is 101 Å². The quantitative estimate of drug-likeness (QED) is 0.253. The van der Waals surface area contributed by atoms with Crippen molar-refractivity contribution in [2.45, 2.75) is 38.5 Å². The molecule has 0 bridgehead atoms. The van der Waals surface area contributed by atoms with Gasteiger partial charge in [0.25, 0.3) is 0 Å². The Labute approximate surface area is 188 Å². The zero-order valence-electron chi connectivity index (χ0n) is 18.9. The van der Waals surface area contributed by atoms with Crippen LogP contribution in [-0.2, 0) is 10.8 Å². The number of fused-ring (bicyclic) bond motifs is 8. The minimum absolute atomic E-state index is 0.119. The molecule has 0 spiro atoms. The largest absolute Gasteiger partial charge is 0.456 e. The van der Waals surface area contributed by atoms with E-state index in [1.54, 1.807) is 0 Å². The van der Waals surface area contributed by atoms with Gasteiger partial charge < -0.3 is 9.32 Å². The molecule has 2 aliphatic heterocycles. The van der Waals surface area contributed by atoms with Gasteiger partial charge in [-0.05, 0) is 41.0 Å². The van der Waals surface area contributed by atoms with Crippen molar-refractivity contribution in [2.24, 2.45) is 0 Å². The molecule has 0 amide bonds. The Morgan fingerprint density at radius 1 is 0.625 bits per heavy atom. The molecule has 32 heavy (non-hydrogen) atoms. The predicted octanol–water partition coefficient (Wildman–Crippen LogP) is 8.33. The summed E-state index contributed by atoms with van der Waals surface area (Å²) in [7, 11) is 0. The Morgan fingerprint density at radius 2 is 1.22 bits per heavy atom. The third-order valence-corrected chi connectivity index (χ3v) is 7.80. The minimum Gasteiger partial charge on any atom is -0.456 e. The van der Waals surface area contributed by atoms with Crippen molar-refractivity contribution in [3.8, 4) is 0 Å². The van der Waals surface area contributed by atoms with E-state index in [2.05, 4.69) is 111 Å². The molecule has 0 N–H and O–H groups in total. The van der Waals surface area contributed by atoms with E-state index in [4.69, 9.17) is 4.42 Å². The standard InChI is InChI=1S/C30H25NO/c1-29(2)20-12-6-8-14-23(20)31-24-15-9-7-13-21(24)30(3,4)26-27(31)22(29)17-19-18-11-5-10-16-25(18)32-28(19)26/h5-17H,1-4H3. The first-order chi connectivity index (χ1) is 15.4. The van der Waals surface area contributed by atoms with Crippen molar-refractivity contribution >= 4 is 39.0 Å². The summed E-state index contributed by atoms with van der Waals surface area (Å²) < 4.78 is 6.60. The SMILES string of the molecule is CC1(C)c2ccccc2N2c3ccccc3C(C)(C)c3c2c1cc1c3oc2ccccc21. The van der Waals surface area contributed by atoms with Gasteiger partial charge in [-0.25, -0.2) is 0 Å². The molecule has 0 radical (unpaired) electrons. The molecule has 1 aromatic heterocycles. The average Bonchev–Trinajstić information content (AvgIpc) is 3.16. The first-order valence-electron chi connectivity index (χ1n) is 11.4. The van der Waals surface area contributed by atoms with Gasteiger partial charge in [0, 0.05) is 27.2 Å². The molecule has 0 atom stereocenters. The van der Waals surface area contributed by atoms with Gasteiger partial charge in [-0.3, -0.25) is 0 Å². The van der Waals surface area contributed by atoms with E-state index in [1.165, 1.54) is 50.1 Å². The van der Waals surface area contributed by atoms with E-state index in [0.29, 0.717) is 0 Å². The van der Waals surface area contributed by atoms with Crippen molar-refractivity contribution in [3.63, 3.8) is 0 Å². The lowest BCUT2D eigenvalue weighted by atomic mass is 9.66. The highest BCUT2D eigenvalue weighted by Crippen LogP contribution is 2.61. The molecule has 2 heteroatoms. The molecule has 2 nitrogen and oxygen atoms in total. The summed E-state index contributed by atoms with van der Waals surface area (Å²) in [5.74, 6) is 0. The van der Waals surface area contributed by atoms with E-state index >= 15 is 0 Å². The molecule has 156 valence electrons. The van der Waals surface area contributed by atoms with E-state index in [1.807, 2.05) is 0 Å². The number of benzene rings is 4. The number of para-hydroxylation sites is 3. The van der Waals surface area contributed by atoms with E-state index in [9.17, 15) is 0 Å². The minimum atomic E-state index is -0.188. The second kappa shape index (κ2) is 5.63. The van der Waals surface area contributed by atoms with E-state index < -0.39 is 0 Å². The Kier molecular flexibility index (Phi) is 3.19. The van der Waals surface area contributed by atoms with E-state index in [-0.39, 0.29) is 10.8 Å². The number of nitrogens with zero attached hydrogens (tertiary/aromatic N) is 1. The summed E-state index contributed by atoms with van der Waals surface area (Å²) in [5, 5.41) is 2.41. The van der Waals surface area contributed by atoms with Gasteiger partial charge in [-0.1, -0.05) is 82.3 Å². The van der Waals surface area contributed by atoms with Gasteiger partial charge in [0.15, 0.2) is 0 Å². The first kappa shape index (κ1) is 18.1. The molecule has 0 saturated heterocycles. The number of anilines is 3. The zero-order valence-corrected chi connectivity index (χ0v) is 18.9. The summed E-state index contributed by atoms with van der Waals surface area (Å²) in [5.41, 5.74) is 10.9. The molecule has 0 fully saturated rings. The van der Waals surface area contributed by atoms with Gasteiger partial charge in [-0.15, -0.1) is 0 Å². The van der Waals surface area contributed by atoms with Crippen LogP contribution in [0.3, 0.4) is 0 Å². The molecule has 5 aromatic rings. The van der Waals surface area contributed by atoms with Crippen LogP contribution < -0.4 is 4.90 Å². The second-order valence-electron chi connectivity index (χ2n) is 10.2. The van der Waals surface area contributed by atoms with Crippen molar-refractivity contribution < 1.29 is 4.42 Å². The Hall–Kier alpha value is -3.52. The number of hydrogen-bond donors (Lipinski definition) is 0. The molecular weight excluding hydrogens is 390 g/mol. The van der Waals surface area contributed by atoms with Gasteiger partial charge >= 0.3 is 0 Å². The fourth-order valence-electron chi connectivity index (χ4n) is 6.18. The molecule has 3 heterocycles. The van der Waals surface area contributed by atoms with Crippen LogP contribution in [0.5, 0.6) is 0 Å². The average molecular weight is 416 g/mol. The monoisotopic (exact) mass is 415 g/mol. The fourth-order valence-corrected chi connectivity index (χ4v) is 6.18. The van der Waals surface area contributed by atoms with Crippen LogP contribution in [0.15, 0.2) is 83.3 Å². The smallest absolute Gasteiger partial charge is 0.141 e. The molecule has 0 saturated carbocycles. The van der Waals surface area contributed by atoms with Crippen LogP contribution >= 0.6 is 0 Å². The van der Waals surface area contributed by atoms with Crippen LogP contribution in [0, 0.1) is 0 Å². The predicted molar refractivity (Wildman–Crippen MR) is 133 cm³/mol. The molecular formula is C30H25NO. The third-order valence-electron chi connectivity index (χ3n) is 7.80. The first-order valence-corrected chi connectivity index (χ1v) is 11.4. The molecule has 4 aromatic carbocycles. The van der Waals surface area contributed by atoms with Crippen LogP contribution in [0.2, 0.25) is 0 Å². The van der Waals surface area contributed by atoms with Crippen LogP contribution in [0.4, 0.5) is 17.1 Å². The number of furan rings is 1. The summed E-state index contributed by atoms with van der Waals surface area (Å²) in [6, 6.07) is 28.6. The molecule has 0 aliphatic carbocycles. The lowest BCUT2D eigenvalue weighted by Crippen LogP contribution is -2.38. The van der Waals surface area contributed by atoms with Crippen LogP contribution in [-0.4, -0.2) is 0 Å². The highest BCUT2D eigenvalue weighted by molar-refractivity contribution is 6.10. The van der Waals surface area contributed by atoms with Crippen molar-refractivity contribution in [1.82, 2.24) is 0 Å². The maximum Gasteiger partial charge on any atom is 0.141 e. The highest BCUT2D eigenvalue weighted by atomic mass is 16.3. The lowest BCUT2D eigenvalue weighted by molar-refractivity contribution is 0.583. The molecule has 2 aliphatic rings. The maximum atomic E-state index is 6.60. The van der Waals surface area contributed by atoms with Crippen molar-refractivity contribution in [1.29, 1.82) is 0 Å². The Morgan fingerprint density at radius 3 is 1.94 bits per heavy atom. The fraction of sp³-hybridized carbons (Fsp3) is 0.200. The summed E-state index contributed by atoms with van der Waals surface area (Å²) >= 11 is 0. The highest BCUT2D eigenvalue weighted by Gasteiger charge is 2.47. The number of hydrogen-bond acceptors (Lipinski definition) is 2. The van der Waals surface area contributed by atoms with Crippen molar-refractivity contribution in [2.75, 3.05) is 4.90 Å². The van der Waals surface area contributed by atoms with Crippen LogP contribution in [0.25, 0.3) is 21.9 Å². The Bertz CT molecular complexity index is 1570. The second-order valence-corrected chi connectivity index (χ2v) is 10.2. The van der Waals surface area contributed by atoms with Gasteiger partial charge in [0.1, 0.15) is 11.2 Å². The third kappa shape index (κ3) is 1.97. The summed E-state index contributed by atoms with van der Waals surface area (Å²) in [6.45, 7) is 9.42. The normalized spacial score (nSPS) is 17.2. The molecule has 0 unspecified atom stereocenters. The lowest BCUT2D eigenvalue weighted by Gasteiger charge is -2.49. The summed E-state index contributed by atoms with van der Waals surface area (Å²) in [6.07, 6.45) is 0. The van der Waals surface area contributed by atoms with Gasteiger partial charge in [0.05, 0.1) is 17.1 Å². The number of rotatable bonds is 0. The topological polar surface area (TPSA) is 16.4 Å². The van der Waals surface area contributed by atoms with Gasteiger partial charge in [0.2, 0.25) is 0 Å². The summed E-state index contributed by atoms with van der Waals surface area (Å²) in [4.78, 5) is 2.48. The zero-order chi connectivity index (χ0) is 21.8. The van der Waals surface area contributed by atoms with Gasteiger partial charge in [-0.2, -0.15) is 0 Å².